The van der Waals surface area contributed by atoms with Crippen molar-refractivity contribution in [3.8, 4) is 11.5 Å². The van der Waals surface area contributed by atoms with E-state index in [9.17, 15) is 19.8 Å². The van der Waals surface area contributed by atoms with Gasteiger partial charge in [0, 0.05) is 42.1 Å². The number of unbranched alkanes of at least 4 members (excludes halogenated alkanes) is 1. The van der Waals surface area contributed by atoms with Crippen molar-refractivity contribution < 1.29 is 38.8 Å². The number of nitrogens with one attached hydrogen (secondary N) is 1. The molecule has 2 amide bonds. The Balaban J connectivity index is 1.06. The number of ether oxygens (including phenoxy) is 3. The second-order valence-corrected chi connectivity index (χ2v) is 21.7. The van der Waals surface area contributed by atoms with Crippen molar-refractivity contribution in [1.29, 1.82) is 0 Å². The second kappa shape index (κ2) is 19.0. The van der Waals surface area contributed by atoms with Crippen LogP contribution in [0.3, 0.4) is 0 Å². The number of carbonyl (C=O) groups is 2. The molecule has 4 N–H and O–H groups in total. The first-order chi connectivity index (χ1) is 30.9. The summed E-state index contributed by atoms with van der Waals surface area (Å²) in [5.41, 5.74) is 4.72. The molecular weight excluding hydrogens is 829 g/mol. The van der Waals surface area contributed by atoms with Gasteiger partial charge >= 0.3 is 0 Å². The topological polar surface area (TPSA) is 172 Å². The zero-order chi connectivity index (χ0) is 45.2. The fourth-order valence-corrected chi connectivity index (χ4v) is 12.8. The quantitative estimate of drug-likeness (QED) is 0.0584. The van der Waals surface area contributed by atoms with Gasteiger partial charge in [0.15, 0.2) is 13.9 Å². The van der Waals surface area contributed by atoms with Crippen LogP contribution in [0.25, 0.3) is 0 Å². The Labute approximate surface area is 375 Å². The predicted octanol–water partition coefficient (Wildman–Crippen LogP) is 6.20. The van der Waals surface area contributed by atoms with E-state index in [1.54, 1.807) is 21.6 Å². The highest BCUT2D eigenvalue weighted by Crippen LogP contribution is 2.60. The number of fused-ring (bicyclic) bond motifs is 3. The van der Waals surface area contributed by atoms with Crippen LogP contribution in [0, 0.1) is 5.92 Å². The molecule has 0 radical (unpaired) electrons. The van der Waals surface area contributed by atoms with Gasteiger partial charge in [-0.2, -0.15) is 0 Å². The first kappa shape index (κ1) is 45.2. The van der Waals surface area contributed by atoms with Gasteiger partial charge in [-0.15, -0.1) is 5.10 Å². The molecule has 0 saturated carbocycles. The van der Waals surface area contributed by atoms with Crippen molar-refractivity contribution in [1.82, 2.24) is 20.3 Å². The van der Waals surface area contributed by atoms with Crippen LogP contribution in [0.5, 0.6) is 11.5 Å². The van der Waals surface area contributed by atoms with E-state index >= 15 is 4.79 Å². The lowest BCUT2D eigenvalue weighted by Crippen LogP contribution is -2.49. The van der Waals surface area contributed by atoms with Gasteiger partial charge in [0.05, 0.1) is 62.0 Å². The minimum atomic E-state index is -2.95. The maximum absolute atomic E-state index is 15.2. The standard InChI is InChI=1S/C49H60N6O8Si/c1-6-62-38-19-20-43-35(26-38)27-41(50-23-10-11-25-56)47(58)55(43)36-16-14-33(15-17-36)29-54-44-21-18-37(61-3)28-40(44)49(48(54)59)32(2)46(64(4,5)60)45(63-49)22-24-53-30-42(51-52-53)39(31-57)34-12-8-7-9-13-34/h7-9,12-21,26,28,30,32,39,41,45-46,50,56-57,60H,6,10-11,22-25,27,29,31H2,1-5H3/t32-,39?,41?,45+,46-,49+/m1/s1. The van der Waals surface area contributed by atoms with Crippen LogP contribution in [0.15, 0.2) is 97.2 Å². The number of methoxy groups -OCH3 is 1. The van der Waals surface area contributed by atoms with Gasteiger partial charge in [-0.05, 0) is 117 Å². The fraction of sp³-hybridized carbons (Fsp3) is 0.429. The summed E-state index contributed by atoms with van der Waals surface area (Å²) in [5.74, 6) is 0.390. The number of rotatable bonds is 18. The molecule has 1 spiro atoms. The number of aliphatic hydroxyl groups is 2. The molecule has 15 heteroatoms. The molecule has 3 aliphatic rings. The number of aryl methyl sites for hydroxylation is 1. The van der Waals surface area contributed by atoms with E-state index in [1.807, 2.05) is 124 Å². The van der Waals surface area contributed by atoms with Crippen LogP contribution in [-0.4, -0.2) is 95.8 Å². The fourth-order valence-electron chi connectivity index (χ4n) is 10.2. The molecule has 2 unspecified atom stereocenters. The smallest absolute Gasteiger partial charge is 0.264 e. The first-order valence-electron chi connectivity index (χ1n) is 22.4. The number of amides is 2. The van der Waals surface area contributed by atoms with E-state index < -0.39 is 26.1 Å². The summed E-state index contributed by atoms with van der Waals surface area (Å²) >= 11 is 0. The third-order valence-corrected chi connectivity index (χ3v) is 15.7. The Hall–Kier alpha value is -5.42. The number of hydrogen-bond donors (Lipinski definition) is 4. The van der Waals surface area contributed by atoms with Crippen molar-refractivity contribution in [2.75, 3.05) is 43.3 Å². The third-order valence-electron chi connectivity index (χ3n) is 13.2. The Kier molecular flexibility index (Phi) is 13.4. The second-order valence-electron chi connectivity index (χ2n) is 17.7. The molecule has 8 rings (SSSR count). The highest BCUT2D eigenvalue weighted by molar-refractivity contribution is 6.71. The Morgan fingerprint density at radius 2 is 1.72 bits per heavy atom. The molecule has 4 aromatic carbocycles. The maximum atomic E-state index is 15.2. The van der Waals surface area contributed by atoms with E-state index in [2.05, 4.69) is 15.6 Å². The van der Waals surface area contributed by atoms with Crippen LogP contribution < -0.4 is 24.6 Å². The van der Waals surface area contributed by atoms with Crippen LogP contribution in [0.4, 0.5) is 17.1 Å². The van der Waals surface area contributed by atoms with Gasteiger partial charge < -0.3 is 39.4 Å². The van der Waals surface area contributed by atoms with Crippen molar-refractivity contribution >= 4 is 37.2 Å². The van der Waals surface area contributed by atoms with Crippen LogP contribution in [0.2, 0.25) is 18.6 Å². The number of aromatic nitrogens is 3. The van der Waals surface area contributed by atoms with Crippen molar-refractivity contribution in [2.24, 2.45) is 5.92 Å². The molecule has 6 atom stereocenters. The third kappa shape index (κ3) is 8.60. The van der Waals surface area contributed by atoms with Gasteiger partial charge in [0.1, 0.15) is 11.5 Å². The Morgan fingerprint density at radius 1 is 0.969 bits per heavy atom. The van der Waals surface area contributed by atoms with Gasteiger partial charge in [-0.1, -0.05) is 54.6 Å². The summed E-state index contributed by atoms with van der Waals surface area (Å²) < 4.78 is 20.4. The molecule has 14 nitrogen and oxygen atoms in total. The molecule has 64 heavy (non-hydrogen) atoms. The minimum Gasteiger partial charge on any atom is -0.497 e. The highest BCUT2D eigenvalue weighted by atomic mass is 28.4. The molecule has 0 aliphatic carbocycles. The maximum Gasteiger partial charge on any atom is 0.264 e. The Morgan fingerprint density at radius 3 is 2.42 bits per heavy atom. The molecule has 3 aliphatic heterocycles. The summed E-state index contributed by atoms with van der Waals surface area (Å²) in [7, 11) is -1.35. The van der Waals surface area contributed by atoms with Gasteiger partial charge in [-0.3, -0.25) is 19.2 Å². The first-order valence-corrected chi connectivity index (χ1v) is 25.4. The molecule has 338 valence electrons. The van der Waals surface area contributed by atoms with Crippen LogP contribution in [-0.2, 0) is 39.4 Å². The van der Waals surface area contributed by atoms with E-state index in [-0.39, 0.29) is 48.9 Å². The highest BCUT2D eigenvalue weighted by Gasteiger charge is 2.66. The van der Waals surface area contributed by atoms with Crippen molar-refractivity contribution in [2.45, 2.75) is 94.9 Å². The van der Waals surface area contributed by atoms with E-state index in [4.69, 9.17) is 14.2 Å². The zero-order valence-electron chi connectivity index (χ0n) is 37.3. The lowest BCUT2D eigenvalue weighted by molar-refractivity contribution is -0.146. The molecule has 1 saturated heterocycles. The lowest BCUT2D eigenvalue weighted by Gasteiger charge is -2.35. The molecule has 1 aromatic heterocycles. The normalized spacial score (nSPS) is 22.2. The molecular formula is C49H60N6O8Si. The molecule has 5 aromatic rings. The minimum absolute atomic E-state index is 0.0643. The van der Waals surface area contributed by atoms with Crippen molar-refractivity contribution in [3.63, 3.8) is 0 Å². The van der Waals surface area contributed by atoms with Gasteiger partial charge in [-0.25, -0.2) is 0 Å². The monoisotopic (exact) mass is 888 g/mol. The number of nitrogens with zero attached hydrogens (tertiary/aromatic N) is 5. The van der Waals surface area contributed by atoms with Crippen LogP contribution in [0.1, 0.15) is 67.0 Å². The number of carbonyl (C=O) groups excluding carboxylic acids is 2. The van der Waals surface area contributed by atoms with Gasteiger partial charge in [0.2, 0.25) is 5.91 Å². The summed E-state index contributed by atoms with van der Waals surface area (Å²) in [6.45, 7) is 9.60. The largest absolute Gasteiger partial charge is 0.497 e. The molecule has 4 heterocycles. The van der Waals surface area contributed by atoms with E-state index in [1.165, 1.54) is 0 Å². The zero-order valence-corrected chi connectivity index (χ0v) is 38.3. The summed E-state index contributed by atoms with van der Waals surface area (Å²) in [5, 5.41) is 31.8. The Bertz CT molecular complexity index is 2430. The average Bonchev–Trinajstić information content (AvgIpc) is 3.95. The lowest BCUT2D eigenvalue weighted by atomic mass is 9.82. The van der Waals surface area contributed by atoms with E-state index in [0.717, 1.165) is 40.2 Å². The molecule has 0 bridgehead atoms. The number of anilines is 3. The predicted molar refractivity (Wildman–Crippen MR) is 246 cm³/mol. The summed E-state index contributed by atoms with van der Waals surface area (Å²) in [6, 6.07) is 28.5. The van der Waals surface area contributed by atoms with Crippen LogP contribution >= 0.6 is 0 Å². The van der Waals surface area contributed by atoms with Crippen molar-refractivity contribution in [3.05, 3.63) is 125 Å². The summed E-state index contributed by atoms with van der Waals surface area (Å²) in [4.78, 5) is 44.8. The number of hydrogen-bond acceptors (Lipinski definition) is 11. The number of benzene rings is 4. The number of aliphatic hydroxyl groups excluding tert-OH is 2. The molecule has 1 fully saturated rings. The average molecular weight is 889 g/mol. The van der Waals surface area contributed by atoms with E-state index in [0.29, 0.717) is 61.7 Å². The van der Waals surface area contributed by atoms with Gasteiger partial charge in [0.25, 0.3) is 5.91 Å². The summed E-state index contributed by atoms with van der Waals surface area (Å²) in [6.07, 6.45) is 3.78. The SMILES string of the molecule is CCOc1ccc2c(c1)CC(NCCCCO)C(=O)N2c1ccc(CN2C(=O)[C@@]3(O[C@@H](CCn4cc(C(CO)c5ccccc5)nn4)[C@H]([Si](C)(C)O)[C@H]3C)c3cc(OC)ccc32)cc1.